The molecule has 8 nitrogen and oxygen atoms in total. The number of nitrogens with zero attached hydrogens (tertiary/aromatic N) is 4. The van der Waals surface area contributed by atoms with Gasteiger partial charge in [0, 0.05) is 23.6 Å². The molecule has 160 valence electrons. The van der Waals surface area contributed by atoms with Gasteiger partial charge in [0.1, 0.15) is 0 Å². The zero-order chi connectivity index (χ0) is 22.2. The SMILES string of the molecule is O=C(CSc1nnc(-c2cccnc2)n1Cc1ccccc1)NC(=O)Nc1ccccc1. The molecule has 3 amide bonds. The van der Waals surface area contributed by atoms with E-state index in [1.54, 1.807) is 36.7 Å². The zero-order valence-corrected chi connectivity index (χ0v) is 17.8. The van der Waals surface area contributed by atoms with Crippen LogP contribution in [0.1, 0.15) is 5.56 Å². The number of carbonyl (C=O) groups excluding carboxylic acids is 2. The van der Waals surface area contributed by atoms with Crippen molar-refractivity contribution >= 4 is 29.4 Å². The Kier molecular flexibility index (Phi) is 6.88. The maximum absolute atomic E-state index is 12.3. The largest absolute Gasteiger partial charge is 0.325 e. The van der Waals surface area contributed by atoms with Crippen LogP contribution >= 0.6 is 11.8 Å². The molecule has 32 heavy (non-hydrogen) atoms. The van der Waals surface area contributed by atoms with Crippen LogP contribution in [-0.2, 0) is 11.3 Å². The Morgan fingerprint density at radius 3 is 2.38 bits per heavy atom. The highest BCUT2D eigenvalue weighted by Gasteiger charge is 2.17. The predicted octanol–water partition coefficient (Wildman–Crippen LogP) is 3.83. The van der Waals surface area contributed by atoms with Crippen LogP contribution in [0.15, 0.2) is 90.3 Å². The van der Waals surface area contributed by atoms with Gasteiger partial charge in [-0.15, -0.1) is 10.2 Å². The third kappa shape index (κ3) is 5.58. The van der Waals surface area contributed by atoms with Crippen molar-refractivity contribution in [2.45, 2.75) is 11.7 Å². The number of rotatable bonds is 7. The van der Waals surface area contributed by atoms with E-state index < -0.39 is 11.9 Å². The van der Waals surface area contributed by atoms with Gasteiger partial charge in [0.15, 0.2) is 11.0 Å². The van der Waals surface area contributed by atoms with E-state index in [4.69, 9.17) is 0 Å². The number of benzene rings is 2. The number of hydrogen-bond acceptors (Lipinski definition) is 6. The molecule has 9 heteroatoms. The molecule has 0 saturated carbocycles. The standard InChI is InChI=1S/C23H20N6O2S/c30-20(26-22(31)25-19-11-5-2-6-12-19)16-32-23-28-27-21(18-10-7-13-24-14-18)29(23)15-17-8-3-1-4-9-17/h1-14H,15-16H2,(H2,25,26,30,31). The average Bonchev–Trinajstić information content (AvgIpc) is 3.22. The molecular weight excluding hydrogens is 424 g/mol. The minimum Gasteiger partial charge on any atom is -0.308 e. The summed E-state index contributed by atoms with van der Waals surface area (Å²) in [6.07, 6.45) is 3.42. The van der Waals surface area contributed by atoms with Gasteiger partial charge in [0.2, 0.25) is 5.91 Å². The minimum absolute atomic E-state index is 0.0160. The number of amides is 3. The molecule has 0 aliphatic carbocycles. The lowest BCUT2D eigenvalue weighted by Gasteiger charge is -2.10. The van der Waals surface area contributed by atoms with Crippen LogP contribution < -0.4 is 10.6 Å². The van der Waals surface area contributed by atoms with E-state index >= 15 is 0 Å². The Morgan fingerprint density at radius 1 is 0.906 bits per heavy atom. The van der Waals surface area contributed by atoms with Gasteiger partial charge in [-0.2, -0.15) is 0 Å². The molecule has 2 aromatic carbocycles. The average molecular weight is 445 g/mol. The highest BCUT2D eigenvalue weighted by Crippen LogP contribution is 2.24. The highest BCUT2D eigenvalue weighted by molar-refractivity contribution is 7.99. The van der Waals surface area contributed by atoms with Crippen molar-refractivity contribution in [2.75, 3.05) is 11.1 Å². The van der Waals surface area contributed by atoms with Crippen molar-refractivity contribution in [3.05, 3.63) is 90.8 Å². The molecule has 4 rings (SSSR count). The summed E-state index contributed by atoms with van der Waals surface area (Å²) in [6.45, 7) is 0.538. The first-order valence-corrected chi connectivity index (χ1v) is 10.8. The van der Waals surface area contributed by atoms with Gasteiger partial charge in [0.05, 0.1) is 12.3 Å². The third-order valence-electron chi connectivity index (χ3n) is 4.44. The maximum atomic E-state index is 12.3. The second-order valence-electron chi connectivity index (χ2n) is 6.78. The topological polar surface area (TPSA) is 102 Å². The highest BCUT2D eigenvalue weighted by atomic mass is 32.2. The number of imide groups is 1. The van der Waals surface area contributed by atoms with E-state index in [0.717, 1.165) is 11.1 Å². The van der Waals surface area contributed by atoms with Crippen molar-refractivity contribution in [2.24, 2.45) is 0 Å². The molecule has 4 aromatic rings. The van der Waals surface area contributed by atoms with Crippen LogP contribution in [0.3, 0.4) is 0 Å². The number of thioether (sulfide) groups is 1. The Balaban J connectivity index is 1.45. The number of aromatic nitrogens is 4. The third-order valence-corrected chi connectivity index (χ3v) is 5.40. The van der Waals surface area contributed by atoms with E-state index in [-0.39, 0.29) is 5.75 Å². The van der Waals surface area contributed by atoms with Crippen LogP contribution in [0.25, 0.3) is 11.4 Å². The quantitative estimate of drug-likeness (QED) is 0.420. The Labute approximate surface area is 189 Å². The molecule has 2 heterocycles. The summed E-state index contributed by atoms with van der Waals surface area (Å²) in [4.78, 5) is 28.5. The number of para-hydroxylation sites is 1. The summed E-state index contributed by atoms with van der Waals surface area (Å²) in [6, 6.07) is 22.0. The van der Waals surface area contributed by atoms with Gasteiger partial charge < -0.3 is 5.32 Å². The molecule has 0 aliphatic rings. The lowest BCUT2D eigenvalue weighted by Crippen LogP contribution is -2.35. The monoisotopic (exact) mass is 444 g/mol. The molecule has 0 spiro atoms. The summed E-state index contributed by atoms with van der Waals surface area (Å²) in [7, 11) is 0. The Hall–Kier alpha value is -3.98. The van der Waals surface area contributed by atoms with Gasteiger partial charge in [0.25, 0.3) is 0 Å². The number of pyridine rings is 1. The molecule has 0 saturated heterocycles. The van der Waals surface area contributed by atoms with Crippen LogP contribution in [0, 0.1) is 0 Å². The molecular formula is C23H20N6O2S. The van der Waals surface area contributed by atoms with E-state index in [9.17, 15) is 9.59 Å². The fourth-order valence-electron chi connectivity index (χ4n) is 2.99. The fourth-order valence-corrected chi connectivity index (χ4v) is 3.73. The van der Waals surface area contributed by atoms with E-state index in [0.29, 0.717) is 23.2 Å². The lowest BCUT2D eigenvalue weighted by molar-refractivity contribution is -0.117. The summed E-state index contributed by atoms with van der Waals surface area (Å²) >= 11 is 1.22. The first-order chi connectivity index (χ1) is 15.7. The molecule has 0 bridgehead atoms. The molecule has 0 atom stereocenters. The van der Waals surface area contributed by atoms with Gasteiger partial charge in [-0.25, -0.2) is 4.79 Å². The van der Waals surface area contributed by atoms with Gasteiger partial charge in [-0.3, -0.25) is 19.7 Å². The number of hydrogen-bond donors (Lipinski definition) is 2. The minimum atomic E-state index is -0.580. The molecule has 0 aliphatic heterocycles. The first-order valence-electron chi connectivity index (χ1n) is 9.85. The van der Waals surface area contributed by atoms with Crippen molar-refractivity contribution in [1.82, 2.24) is 25.1 Å². The normalized spacial score (nSPS) is 10.5. The number of anilines is 1. The van der Waals surface area contributed by atoms with Crippen molar-refractivity contribution < 1.29 is 9.59 Å². The number of carbonyl (C=O) groups is 2. The van der Waals surface area contributed by atoms with Crippen LogP contribution in [0.2, 0.25) is 0 Å². The van der Waals surface area contributed by atoms with Crippen LogP contribution in [0.4, 0.5) is 10.5 Å². The van der Waals surface area contributed by atoms with Crippen molar-refractivity contribution in [3.8, 4) is 11.4 Å². The summed E-state index contributed by atoms with van der Waals surface area (Å²) in [5.74, 6) is 0.245. The Bertz CT molecular complexity index is 1180. The molecule has 0 fully saturated rings. The second kappa shape index (κ2) is 10.4. The fraction of sp³-hybridized carbons (Fsp3) is 0.0870. The molecule has 0 unspecified atom stereocenters. The van der Waals surface area contributed by atoms with Crippen LogP contribution in [0.5, 0.6) is 0 Å². The van der Waals surface area contributed by atoms with E-state index in [2.05, 4.69) is 25.8 Å². The number of nitrogens with one attached hydrogen (secondary N) is 2. The maximum Gasteiger partial charge on any atom is 0.325 e. The zero-order valence-electron chi connectivity index (χ0n) is 17.0. The van der Waals surface area contributed by atoms with Crippen molar-refractivity contribution in [1.29, 1.82) is 0 Å². The smallest absolute Gasteiger partial charge is 0.308 e. The molecule has 0 radical (unpaired) electrons. The van der Waals surface area contributed by atoms with Crippen molar-refractivity contribution in [3.63, 3.8) is 0 Å². The first kappa shape index (κ1) is 21.3. The predicted molar refractivity (Wildman–Crippen MR) is 123 cm³/mol. The van der Waals surface area contributed by atoms with Gasteiger partial charge >= 0.3 is 6.03 Å². The summed E-state index contributed by atoms with van der Waals surface area (Å²) in [5.41, 5.74) is 2.51. The molecule has 2 aromatic heterocycles. The van der Waals surface area contributed by atoms with E-state index in [1.165, 1.54) is 11.8 Å². The molecule has 2 N–H and O–H groups in total. The van der Waals surface area contributed by atoms with E-state index in [1.807, 2.05) is 53.1 Å². The number of urea groups is 1. The Morgan fingerprint density at radius 2 is 1.66 bits per heavy atom. The second-order valence-corrected chi connectivity index (χ2v) is 7.72. The lowest BCUT2D eigenvalue weighted by atomic mass is 10.2. The van der Waals surface area contributed by atoms with Gasteiger partial charge in [-0.05, 0) is 29.8 Å². The summed E-state index contributed by atoms with van der Waals surface area (Å²) < 4.78 is 1.94. The summed E-state index contributed by atoms with van der Waals surface area (Å²) in [5, 5.41) is 14.1. The van der Waals surface area contributed by atoms with Gasteiger partial charge in [-0.1, -0.05) is 60.3 Å². The van der Waals surface area contributed by atoms with Crippen LogP contribution in [-0.4, -0.2) is 37.4 Å².